The number of anilines is 1. The number of carbonyl (C=O) groups excluding carboxylic acids is 2. The molecule has 6 nitrogen and oxygen atoms in total. The van der Waals surface area contributed by atoms with E-state index in [1.54, 1.807) is 0 Å². The van der Waals surface area contributed by atoms with Crippen molar-refractivity contribution in [2.75, 3.05) is 4.90 Å². The van der Waals surface area contributed by atoms with Gasteiger partial charge >= 0.3 is 6.18 Å². The van der Waals surface area contributed by atoms with Crippen LogP contribution in [0.25, 0.3) is 0 Å². The zero-order valence-electron chi connectivity index (χ0n) is 20.0. The highest BCUT2D eigenvalue weighted by atomic mass is 32.1. The van der Waals surface area contributed by atoms with Crippen LogP contribution in [0.4, 0.5) is 18.9 Å². The fourth-order valence-electron chi connectivity index (χ4n) is 5.88. The third-order valence-electron chi connectivity index (χ3n) is 7.93. The molecule has 10 heteroatoms. The Morgan fingerprint density at radius 1 is 1.16 bits per heavy atom. The summed E-state index contributed by atoms with van der Waals surface area (Å²) >= 11 is 5.72. The molecule has 0 N–H and O–H groups in total. The third kappa shape index (κ3) is 4.39. The van der Waals surface area contributed by atoms with E-state index >= 15 is 0 Å². The van der Waals surface area contributed by atoms with Gasteiger partial charge < -0.3 is 4.90 Å². The Balaban J connectivity index is 1.35. The lowest BCUT2D eigenvalue weighted by Gasteiger charge is -2.48. The minimum absolute atomic E-state index is 0.0294. The molecule has 2 aliphatic carbocycles. The van der Waals surface area contributed by atoms with Crippen LogP contribution in [0.15, 0.2) is 42.6 Å². The van der Waals surface area contributed by atoms with Crippen molar-refractivity contribution in [1.82, 2.24) is 9.88 Å². The molecule has 1 amide bonds. The first-order valence-electron chi connectivity index (χ1n) is 12.4. The Bertz CT molecular complexity index is 1280. The molecule has 1 saturated heterocycles. The Kier molecular flexibility index (Phi) is 6.52. The predicted molar refractivity (Wildman–Crippen MR) is 134 cm³/mol. The molecule has 2 saturated carbocycles. The molecule has 192 valence electrons. The highest BCUT2D eigenvalue weighted by Gasteiger charge is 2.61. The number of alkyl halides is 3. The number of nitrogens with zero attached hydrogens (tertiary/aromatic N) is 4. The molecule has 1 aromatic carbocycles. The molecule has 3 aliphatic rings. The van der Waals surface area contributed by atoms with Crippen LogP contribution >= 0.6 is 12.2 Å². The van der Waals surface area contributed by atoms with Crippen LogP contribution in [-0.2, 0) is 11.0 Å². The average molecular weight is 527 g/mol. The molecule has 1 aromatic heterocycles. The molecule has 0 radical (unpaired) electrons. The second-order valence-electron chi connectivity index (χ2n) is 10.0. The summed E-state index contributed by atoms with van der Waals surface area (Å²) in [6, 6.07) is 11.4. The summed E-state index contributed by atoms with van der Waals surface area (Å²) in [5, 5.41) is 9.27. The van der Waals surface area contributed by atoms with Crippen molar-refractivity contribution in [1.29, 1.82) is 5.26 Å². The Hall–Kier alpha value is -3.32. The first-order chi connectivity index (χ1) is 17.7. The number of pyridine rings is 1. The fraction of sp³-hybridized carbons (Fsp3) is 0.444. The van der Waals surface area contributed by atoms with Crippen LogP contribution in [0.5, 0.6) is 0 Å². The van der Waals surface area contributed by atoms with Gasteiger partial charge in [-0.3, -0.25) is 14.5 Å². The first kappa shape index (κ1) is 25.3. The van der Waals surface area contributed by atoms with Crippen LogP contribution in [0.3, 0.4) is 0 Å². The van der Waals surface area contributed by atoms with Gasteiger partial charge in [0.05, 0.1) is 17.4 Å². The van der Waals surface area contributed by atoms with E-state index in [2.05, 4.69) is 4.98 Å². The zero-order chi connectivity index (χ0) is 26.4. The molecule has 3 fully saturated rings. The molecule has 5 rings (SSSR count). The highest BCUT2D eigenvalue weighted by Crippen LogP contribution is 2.49. The molecule has 2 heterocycles. The van der Waals surface area contributed by atoms with Crippen molar-refractivity contribution in [3.8, 4) is 6.07 Å². The molecular formula is C27H25F3N4O2S. The maximum absolute atomic E-state index is 13.6. The van der Waals surface area contributed by atoms with Crippen molar-refractivity contribution >= 4 is 34.7 Å². The fourth-order valence-corrected chi connectivity index (χ4v) is 6.39. The third-order valence-corrected chi connectivity index (χ3v) is 8.31. The van der Waals surface area contributed by atoms with E-state index in [-0.39, 0.29) is 34.4 Å². The number of Topliss-reactive ketones (excluding diaryl/α,β-unsaturated/α-hetero) is 1. The quantitative estimate of drug-likeness (QED) is 0.370. The number of hydrogen-bond donors (Lipinski definition) is 0. The average Bonchev–Trinajstić information content (AvgIpc) is 3.10. The monoisotopic (exact) mass is 526 g/mol. The summed E-state index contributed by atoms with van der Waals surface area (Å²) in [4.78, 5) is 33.1. The summed E-state index contributed by atoms with van der Waals surface area (Å²) in [5.41, 5.74) is -2.15. The van der Waals surface area contributed by atoms with Crippen molar-refractivity contribution in [2.24, 2.45) is 5.92 Å². The lowest BCUT2D eigenvalue weighted by atomic mass is 9.73. The summed E-state index contributed by atoms with van der Waals surface area (Å²) in [6.07, 6.45) is 1.90. The van der Waals surface area contributed by atoms with Crippen molar-refractivity contribution < 1.29 is 22.8 Å². The molecule has 1 aliphatic heterocycles. The first-order valence-corrected chi connectivity index (χ1v) is 12.8. The summed E-state index contributed by atoms with van der Waals surface area (Å²) < 4.78 is 40.7. The Labute approximate surface area is 218 Å². The Morgan fingerprint density at radius 3 is 2.41 bits per heavy atom. The highest BCUT2D eigenvalue weighted by molar-refractivity contribution is 7.80. The number of halogens is 3. The van der Waals surface area contributed by atoms with E-state index < -0.39 is 23.0 Å². The van der Waals surface area contributed by atoms with Gasteiger partial charge in [0.2, 0.25) is 0 Å². The number of aromatic nitrogens is 1. The lowest BCUT2D eigenvalue weighted by Crippen LogP contribution is -2.58. The van der Waals surface area contributed by atoms with Gasteiger partial charge in [-0.1, -0.05) is 30.3 Å². The number of hydrogen-bond acceptors (Lipinski definition) is 5. The van der Waals surface area contributed by atoms with E-state index in [1.807, 2.05) is 35.2 Å². The van der Waals surface area contributed by atoms with Gasteiger partial charge in [0.1, 0.15) is 11.6 Å². The topological polar surface area (TPSA) is 77.3 Å². The van der Waals surface area contributed by atoms with Crippen molar-refractivity contribution in [2.45, 2.75) is 69.1 Å². The van der Waals surface area contributed by atoms with E-state index in [9.17, 15) is 22.8 Å². The van der Waals surface area contributed by atoms with Gasteiger partial charge in [-0.05, 0) is 69.1 Å². The minimum Gasteiger partial charge on any atom is -0.331 e. The SMILES string of the molecule is N#Cc1ncc(N2C(=O)C3(CCC3)N(C3CCC(CC(=O)c4ccccc4)CC3)C2=S)cc1C(F)(F)F. The molecule has 1 spiro atoms. The summed E-state index contributed by atoms with van der Waals surface area (Å²) in [5.74, 6) is 0.0254. The van der Waals surface area contributed by atoms with Crippen molar-refractivity contribution in [3.05, 3.63) is 59.4 Å². The van der Waals surface area contributed by atoms with Crippen LogP contribution < -0.4 is 4.90 Å². The van der Waals surface area contributed by atoms with Gasteiger partial charge in [-0.25, -0.2) is 4.98 Å². The molecule has 0 bridgehead atoms. The van der Waals surface area contributed by atoms with E-state index in [4.69, 9.17) is 17.5 Å². The van der Waals surface area contributed by atoms with Crippen LogP contribution in [0.1, 0.15) is 73.0 Å². The number of ketones is 1. The number of carbonyl (C=O) groups is 2. The zero-order valence-corrected chi connectivity index (χ0v) is 20.8. The number of benzene rings is 1. The number of nitriles is 1. The molecule has 0 unspecified atom stereocenters. The largest absolute Gasteiger partial charge is 0.419 e. The molecule has 0 atom stereocenters. The molecule has 2 aromatic rings. The summed E-state index contributed by atoms with van der Waals surface area (Å²) in [7, 11) is 0. The number of amides is 1. The van der Waals surface area contributed by atoms with Gasteiger partial charge in [0.25, 0.3) is 5.91 Å². The predicted octanol–water partition coefficient (Wildman–Crippen LogP) is 5.66. The lowest BCUT2D eigenvalue weighted by molar-refractivity contribution is -0.138. The Morgan fingerprint density at radius 2 is 1.84 bits per heavy atom. The number of rotatable bonds is 5. The maximum atomic E-state index is 13.6. The minimum atomic E-state index is -4.79. The molecular weight excluding hydrogens is 501 g/mol. The second kappa shape index (κ2) is 9.53. The van der Waals surface area contributed by atoms with Gasteiger partial charge in [-0.15, -0.1) is 0 Å². The van der Waals surface area contributed by atoms with Crippen molar-refractivity contribution in [3.63, 3.8) is 0 Å². The van der Waals surface area contributed by atoms with Gasteiger partial charge in [0.15, 0.2) is 16.6 Å². The van der Waals surface area contributed by atoms with E-state index in [1.165, 1.54) is 11.0 Å². The second-order valence-corrected chi connectivity index (χ2v) is 10.4. The van der Waals surface area contributed by atoms with Crippen LogP contribution in [0, 0.1) is 17.2 Å². The van der Waals surface area contributed by atoms with Gasteiger partial charge in [0, 0.05) is 18.0 Å². The van der Waals surface area contributed by atoms with Gasteiger partial charge in [-0.2, -0.15) is 18.4 Å². The standard InChI is InChI=1S/C27H25F3N4O2S/c28-27(29,30)21-14-20(16-32-22(21)15-31)33-24(36)26(11-4-12-26)34(25(33)37)19-9-7-17(8-10-19)13-23(35)18-5-2-1-3-6-18/h1-3,5-6,14,16-17,19H,4,7-13H2. The van der Waals surface area contributed by atoms with E-state index in [0.29, 0.717) is 24.8 Å². The maximum Gasteiger partial charge on any atom is 0.419 e. The number of thiocarbonyl (C=S) groups is 1. The van der Waals surface area contributed by atoms with Crippen LogP contribution in [-0.4, -0.2) is 38.3 Å². The van der Waals surface area contributed by atoms with E-state index in [0.717, 1.165) is 44.4 Å². The molecule has 37 heavy (non-hydrogen) atoms. The normalized spacial score (nSPS) is 23.2. The summed E-state index contributed by atoms with van der Waals surface area (Å²) in [6.45, 7) is 0. The smallest absolute Gasteiger partial charge is 0.331 e. The van der Waals surface area contributed by atoms with Crippen LogP contribution in [0.2, 0.25) is 0 Å².